The molecule has 0 unspecified atom stereocenters. The number of halogens is 3. The van der Waals surface area contributed by atoms with Gasteiger partial charge in [-0.15, -0.1) is 11.3 Å². The summed E-state index contributed by atoms with van der Waals surface area (Å²) >= 11 is 1.06. The van der Waals surface area contributed by atoms with E-state index in [-0.39, 0.29) is 0 Å². The van der Waals surface area contributed by atoms with Gasteiger partial charge in [-0.3, -0.25) is 4.90 Å². The molecule has 26 heavy (non-hydrogen) atoms. The Morgan fingerprint density at radius 2 is 1.81 bits per heavy atom. The highest BCUT2D eigenvalue weighted by molar-refractivity contribution is 7.09. The second-order valence-electron chi connectivity index (χ2n) is 6.10. The SMILES string of the molecule is FC(F)(F)c1csc(CN2CCN(c3ncnc4ccccc34)CC2)n1. The van der Waals surface area contributed by atoms with Crippen LogP contribution in [-0.4, -0.2) is 46.0 Å². The quantitative estimate of drug-likeness (QED) is 0.698. The van der Waals surface area contributed by atoms with Gasteiger partial charge in [-0.25, -0.2) is 15.0 Å². The molecule has 0 N–H and O–H groups in total. The number of alkyl halides is 3. The smallest absolute Gasteiger partial charge is 0.353 e. The Morgan fingerprint density at radius 3 is 2.54 bits per heavy atom. The Kier molecular flexibility index (Phi) is 4.49. The number of thiazole rings is 1. The lowest BCUT2D eigenvalue weighted by Crippen LogP contribution is -2.46. The molecular formula is C17H16F3N5S. The van der Waals surface area contributed by atoms with Crippen molar-refractivity contribution >= 4 is 28.1 Å². The summed E-state index contributed by atoms with van der Waals surface area (Å²) < 4.78 is 38.0. The number of nitrogens with zero attached hydrogens (tertiary/aromatic N) is 5. The fourth-order valence-electron chi connectivity index (χ4n) is 3.07. The molecule has 1 saturated heterocycles. The van der Waals surface area contributed by atoms with Gasteiger partial charge in [-0.2, -0.15) is 13.2 Å². The van der Waals surface area contributed by atoms with Gasteiger partial charge in [0.05, 0.1) is 12.1 Å². The number of piperazine rings is 1. The normalized spacial score (nSPS) is 16.3. The van der Waals surface area contributed by atoms with Crippen LogP contribution in [0, 0.1) is 0 Å². The Bertz CT molecular complexity index is 897. The van der Waals surface area contributed by atoms with E-state index in [1.807, 2.05) is 24.3 Å². The van der Waals surface area contributed by atoms with Crippen LogP contribution in [0.2, 0.25) is 0 Å². The number of para-hydroxylation sites is 1. The standard InChI is InChI=1S/C17H16F3N5S/c18-17(19,20)14-10-26-15(23-14)9-24-5-7-25(8-6-24)16-12-3-1-2-4-13(12)21-11-22-16/h1-4,10-11H,5-9H2. The first kappa shape index (κ1) is 17.2. The van der Waals surface area contributed by atoms with Gasteiger partial charge in [-0.1, -0.05) is 12.1 Å². The van der Waals surface area contributed by atoms with Crippen molar-refractivity contribution in [2.45, 2.75) is 12.7 Å². The summed E-state index contributed by atoms with van der Waals surface area (Å²) in [6.45, 7) is 3.47. The van der Waals surface area contributed by atoms with Gasteiger partial charge in [0, 0.05) is 36.9 Å². The van der Waals surface area contributed by atoms with E-state index in [9.17, 15) is 13.2 Å². The highest BCUT2D eigenvalue weighted by atomic mass is 32.1. The van der Waals surface area contributed by atoms with Gasteiger partial charge in [-0.05, 0) is 12.1 Å². The van der Waals surface area contributed by atoms with Crippen LogP contribution in [0.4, 0.5) is 19.0 Å². The van der Waals surface area contributed by atoms with Crippen molar-refractivity contribution < 1.29 is 13.2 Å². The Labute approximate surface area is 152 Å². The number of rotatable bonds is 3. The van der Waals surface area contributed by atoms with Gasteiger partial charge >= 0.3 is 6.18 Å². The average Bonchev–Trinajstić information content (AvgIpc) is 3.11. The molecule has 9 heteroatoms. The minimum absolute atomic E-state index is 0.444. The number of anilines is 1. The molecule has 0 aliphatic carbocycles. The molecule has 3 heterocycles. The lowest BCUT2D eigenvalue weighted by Gasteiger charge is -2.35. The molecule has 5 nitrogen and oxygen atoms in total. The Morgan fingerprint density at radius 1 is 1.04 bits per heavy atom. The molecule has 3 aromatic rings. The first-order chi connectivity index (χ1) is 12.5. The molecule has 0 amide bonds. The molecule has 0 radical (unpaired) electrons. The van der Waals surface area contributed by atoms with Gasteiger partial charge in [0.15, 0.2) is 5.69 Å². The third-order valence-electron chi connectivity index (χ3n) is 4.39. The van der Waals surface area contributed by atoms with Gasteiger partial charge in [0.1, 0.15) is 17.2 Å². The van der Waals surface area contributed by atoms with Gasteiger partial charge in [0.25, 0.3) is 0 Å². The van der Waals surface area contributed by atoms with E-state index in [2.05, 4.69) is 24.8 Å². The molecule has 0 atom stereocenters. The molecule has 4 rings (SSSR count). The summed E-state index contributed by atoms with van der Waals surface area (Å²) in [4.78, 5) is 16.7. The topological polar surface area (TPSA) is 45.2 Å². The summed E-state index contributed by atoms with van der Waals surface area (Å²) in [5.41, 5.74) is 0.103. The minimum Gasteiger partial charge on any atom is -0.353 e. The van der Waals surface area contributed by atoms with Crippen molar-refractivity contribution in [3.05, 3.63) is 46.7 Å². The van der Waals surface area contributed by atoms with E-state index in [4.69, 9.17) is 0 Å². The van der Waals surface area contributed by atoms with Crippen molar-refractivity contribution in [3.8, 4) is 0 Å². The maximum absolute atomic E-state index is 12.7. The molecule has 1 aliphatic heterocycles. The largest absolute Gasteiger partial charge is 0.434 e. The molecule has 0 bridgehead atoms. The fourth-order valence-corrected chi connectivity index (χ4v) is 3.91. The third kappa shape index (κ3) is 3.49. The van der Waals surface area contributed by atoms with Crippen LogP contribution < -0.4 is 4.90 Å². The average molecular weight is 379 g/mol. The highest BCUT2D eigenvalue weighted by Gasteiger charge is 2.34. The summed E-state index contributed by atoms with van der Waals surface area (Å²) in [5, 5.41) is 2.59. The van der Waals surface area contributed by atoms with Crippen molar-refractivity contribution in [1.29, 1.82) is 0 Å². The van der Waals surface area contributed by atoms with Crippen LogP contribution >= 0.6 is 11.3 Å². The molecule has 1 aliphatic rings. The number of fused-ring (bicyclic) bond motifs is 1. The van der Waals surface area contributed by atoms with Crippen LogP contribution in [0.3, 0.4) is 0 Å². The first-order valence-electron chi connectivity index (χ1n) is 8.19. The molecular weight excluding hydrogens is 363 g/mol. The molecule has 136 valence electrons. The summed E-state index contributed by atoms with van der Waals surface area (Å²) in [6, 6.07) is 7.87. The van der Waals surface area contributed by atoms with Gasteiger partial charge in [0.2, 0.25) is 0 Å². The van der Waals surface area contributed by atoms with Crippen molar-refractivity contribution in [2.24, 2.45) is 0 Å². The van der Waals surface area contributed by atoms with E-state index in [1.165, 1.54) is 0 Å². The van der Waals surface area contributed by atoms with E-state index in [0.29, 0.717) is 11.6 Å². The van der Waals surface area contributed by atoms with Crippen LogP contribution in [-0.2, 0) is 12.7 Å². The predicted molar refractivity (Wildman–Crippen MR) is 94.1 cm³/mol. The van der Waals surface area contributed by atoms with Crippen molar-refractivity contribution in [1.82, 2.24) is 19.9 Å². The zero-order valence-corrected chi connectivity index (χ0v) is 14.6. The van der Waals surface area contributed by atoms with Crippen LogP contribution in [0.15, 0.2) is 36.0 Å². The predicted octanol–water partition coefficient (Wildman–Crippen LogP) is 3.43. The zero-order chi connectivity index (χ0) is 18.1. The molecule has 1 aromatic carbocycles. The van der Waals surface area contributed by atoms with Crippen LogP contribution in [0.1, 0.15) is 10.7 Å². The second-order valence-corrected chi connectivity index (χ2v) is 7.04. The molecule has 2 aromatic heterocycles. The lowest BCUT2D eigenvalue weighted by molar-refractivity contribution is -0.140. The van der Waals surface area contributed by atoms with E-state index in [0.717, 1.165) is 59.6 Å². The molecule has 1 fully saturated rings. The Balaban J connectivity index is 1.42. The number of benzene rings is 1. The maximum Gasteiger partial charge on any atom is 0.434 e. The highest BCUT2D eigenvalue weighted by Crippen LogP contribution is 2.30. The third-order valence-corrected chi connectivity index (χ3v) is 5.23. The summed E-state index contributed by atoms with van der Waals surface area (Å²) in [6.07, 6.45) is -2.81. The fraction of sp³-hybridized carbons (Fsp3) is 0.353. The first-order valence-corrected chi connectivity index (χ1v) is 9.07. The summed E-state index contributed by atoms with van der Waals surface area (Å²) in [7, 11) is 0. The number of aromatic nitrogens is 3. The van der Waals surface area contributed by atoms with E-state index in [1.54, 1.807) is 6.33 Å². The molecule has 0 saturated carbocycles. The van der Waals surface area contributed by atoms with E-state index < -0.39 is 11.9 Å². The number of hydrogen-bond donors (Lipinski definition) is 0. The Hall–Kier alpha value is -2.26. The minimum atomic E-state index is -4.37. The van der Waals surface area contributed by atoms with Crippen LogP contribution in [0.25, 0.3) is 10.9 Å². The van der Waals surface area contributed by atoms with Gasteiger partial charge < -0.3 is 4.90 Å². The summed E-state index contributed by atoms with van der Waals surface area (Å²) in [5.74, 6) is 0.906. The lowest BCUT2D eigenvalue weighted by atomic mass is 10.2. The van der Waals surface area contributed by atoms with Crippen molar-refractivity contribution in [3.63, 3.8) is 0 Å². The maximum atomic E-state index is 12.7. The van der Waals surface area contributed by atoms with Crippen molar-refractivity contribution in [2.75, 3.05) is 31.1 Å². The number of hydrogen-bond acceptors (Lipinski definition) is 6. The van der Waals surface area contributed by atoms with E-state index >= 15 is 0 Å². The monoisotopic (exact) mass is 379 g/mol. The zero-order valence-electron chi connectivity index (χ0n) is 13.8. The molecule has 0 spiro atoms. The second kappa shape index (κ2) is 6.81. The van der Waals surface area contributed by atoms with Crippen LogP contribution in [0.5, 0.6) is 0 Å².